The molecule has 0 aromatic carbocycles. The number of carbonyl (C=O) groups is 2. The van der Waals surface area contributed by atoms with Crippen molar-refractivity contribution in [2.24, 2.45) is 0 Å². The molecule has 0 aromatic rings. The molecule has 0 spiro atoms. The van der Waals surface area contributed by atoms with E-state index in [-0.39, 0.29) is 11.1 Å². The van der Waals surface area contributed by atoms with Crippen molar-refractivity contribution in [1.29, 1.82) is 0 Å². The molecular weight excluding hydrogens is 340 g/mol. The molecule has 26 heavy (non-hydrogen) atoms. The van der Waals surface area contributed by atoms with Gasteiger partial charge in [-0.2, -0.15) is 10.9 Å². The van der Waals surface area contributed by atoms with Crippen LogP contribution in [0, 0.1) is 0 Å². The van der Waals surface area contributed by atoms with Gasteiger partial charge in [-0.25, -0.2) is 9.59 Å². The van der Waals surface area contributed by atoms with E-state index in [0.29, 0.717) is 12.8 Å². The molecule has 0 fully saturated rings. The highest BCUT2D eigenvalue weighted by molar-refractivity contribution is 5.87. The second-order valence-corrected chi connectivity index (χ2v) is 5.93. The second-order valence-electron chi connectivity index (χ2n) is 5.93. The van der Waals surface area contributed by atoms with Crippen LogP contribution < -0.4 is 22.0 Å². The van der Waals surface area contributed by atoms with Crippen LogP contribution in [0.4, 0.5) is 0 Å². The predicted molar refractivity (Wildman–Crippen MR) is 97.4 cm³/mol. The lowest BCUT2D eigenvalue weighted by Gasteiger charge is -2.34. The highest BCUT2D eigenvalue weighted by atomic mass is 16.7. The Bertz CT molecular complexity index is 551. The summed E-state index contributed by atoms with van der Waals surface area (Å²) in [5.41, 5.74) is 8.65. The van der Waals surface area contributed by atoms with Gasteiger partial charge in [0.2, 0.25) is 0 Å². The van der Waals surface area contributed by atoms with E-state index >= 15 is 0 Å². The molecule has 4 N–H and O–H groups in total. The van der Waals surface area contributed by atoms with E-state index in [1.54, 1.807) is 13.8 Å². The van der Waals surface area contributed by atoms with Gasteiger partial charge in [-0.3, -0.25) is 4.84 Å². The number of esters is 1. The summed E-state index contributed by atoms with van der Waals surface area (Å²) < 4.78 is 5.34. The normalized spacial score (nSPS) is 15.3. The SMILES string of the molecule is C=CC(CC)(NNOC(=O)C(=C)C)ONNC(C)(CC)OC(=O)C(=C)C. The van der Waals surface area contributed by atoms with E-state index in [1.807, 2.05) is 13.8 Å². The van der Waals surface area contributed by atoms with E-state index in [2.05, 4.69) is 41.8 Å². The molecule has 0 aliphatic heterocycles. The van der Waals surface area contributed by atoms with Crippen LogP contribution in [0.2, 0.25) is 0 Å². The van der Waals surface area contributed by atoms with Crippen molar-refractivity contribution in [2.75, 3.05) is 0 Å². The van der Waals surface area contributed by atoms with Crippen molar-refractivity contribution in [1.82, 2.24) is 22.0 Å². The minimum atomic E-state index is -1.13. The van der Waals surface area contributed by atoms with Gasteiger partial charge in [-0.05, 0) is 39.7 Å². The molecule has 0 amide bonds. The highest BCUT2D eigenvalue weighted by Gasteiger charge is 2.30. The molecule has 2 atom stereocenters. The van der Waals surface area contributed by atoms with Crippen molar-refractivity contribution < 1.29 is 24.0 Å². The smallest absolute Gasteiger partial charge is 0.353 e. The summed E-state index contributed by atoms with van der Waals surface area (Å²) in [5.74, 6) is -1.15. The Kier molecular flexibility index (Phi) is 9.99. The number of nitrogens with one attached hydrogen (secondary N) is 4. The summed E-state index contributed by atoms with van der Waals surface area (Å²) in [6.45, 7) is 19.1. The number of rotatable bonds is 13. The Labute approximate surface area is 154 Å². The van der Waals surface area contributed by atoms with E-state index in [4.69, 9.17) is 14.4 Å². The number of hydrazine groups is 2. The first-order valence-electron chi connectivity index (χ1n) is 8.16. The molecule has 0 radical (unpaired) electrons. The zero-order valence-corrected chi connectivity index (χ0v) is 16.2. The minimum absolute atomic E-state index is 0.235. The highest BCUT2D eigenvalue weighted by Crippen LogP contribution is 2.14. The van der Waals surface area contributed by atoms with Crippen LogP contribution in [0.1, 0.15) is 47.5 Å². The molecule has 0 aliphatic rings. The van der Waals surface area contributed by atoms with Gasteiger partial charge < -0.3 is 9.57 Å². The summed E-state index contributed by atoms with van der Waals surface area (Å²) in [5, 5.41) is 0. The van der Waals surface area contributed by atoms with Crippen molar-refractivity contribution >= 4 is 11.9 Å². The summed E-state index contributed by atoms with van der Waals surface area (Å²) >= 11 is 0. The fourth-order valence-electron chi connectivity index (χ4n) is 1.37. The molecule has 148 valence electrons. The summed E-state index contributed by atoms with van der Waals surface area (Å²) in [6.07, 6.45) is 2.33. The average Bonchev–Trinajstić information content (AvgIpc) is 2.59. The molecule has 0 aliphatic carbocycles. The monoisotopic (exact) mass is 370 g/mol. The van der Waals surface area contributed by atoms with Crippen LogP contribution in [0.15, 0.2) is 37.0 Å². The molecule has 0 aromatic heterocycles. The fraction of sp³-hybridized carbons (Fsp3) is 0.529. The second kappa shape index (κ2) is 10.8. The average molecular weight is 370 g/mol. The molecular formula is C17H30N4O5. The van der Waals surface area contributed by atoms with Crippen molar-refractivity contribution in [3.05, 3.63) is 37.0 Å². The summed E-state index contributed by atoms with van der Waals surface area (Å²) in [4.78, 5) is 33.4. The first kappa shape index (κ1) is 24.0. The number of hydrogen-bond acceptors (Lipinski definition) is 9. The molecule has 9 nitrogen and oxygen atoms in total. The Morgan fingerprint density at radius 1 is 1.00 bits per heavy atom. The fourth-order valence-corrected chi connectivity index (χ4v) is 1.37. The van der Waals surface area contributed by atoms with Crippen LogP contribution in [0.25, 0.3) is 0 Å². The van der Waals surface area contributed by atoms with Gasteiger partial charge in [0.05, 0.1) is 0 Å². The Balaban J connectivity index is 4.72. The molecule has 0 rings (SSSR count). The first-order valence-corrected chi connectivity index (χ1v) is 8.16. The van der Waals surface area contributed by atoms with Crippen LogP contribution in [0.3, 0.4) is 0 Å². The standard InChI is InChI=1S/C17H30N4O5/c1-9-16(8,24-14(22)12(4)5)18-21-26-17(10-2,11-3)19-20-25-15(23)13(6)7/h10,18-21H,2,4,6,9,11H2,1,3,5,7-8H3. The van der Waals surface area contributed by atoms with Gasteiger partial charge in [0.15, 0.2) is 11.4 Å². The third kappa shape index (κ3) is 7.89. The van der Waals surface area contributed by atoms with Gasteiger partial charge in [-0.1, -0.05) is 39.2 Å². The van der Waals surface area contributed by atoms with Gasteiger partial charge in [-0.15, -0.1) is 5.59 Å². The van der Waals surface area contributed by atoms with E-state index in [1.165, 1.54) is 13.0 Å². The maximum Gasteiger partial charge on any atom is 0.353 e. The molecule has 0 heterocycles. The van der Waals surface area contributed by atoms with E-state index < -0.39 is 23.4 Å². The lowest BCUT2D eigenvalue weighted by molar-refractivity contribution is -0.189. The zero-order valence-electron chi connectivity index (χ0n) is 16.2. The van der Waals surface area contributed by atoms with Gasteiger partial charge in [0, 0.05) is 11.1 Å². The van der Waals surface area contributed by atoms with Crippen molar-refractivity contribution in [3.63, 3.8) is 0 Å². The third-order valence-electron chi connectivity index (χ3n) is 3.50. The van der Waals surface area contributed by atoms with Crippen LogP contribution in [-0.4, -0.2) is 23.4 Å². The zero-order chi connectivity index (χ0) is 20.4. The van der Waals surface area contributed by atoms with Gasteiger partial charge >= 0.3 is 11.9 Å². The van der Waals surface area contributed by atoms with E-state index in [0.717, 1.165) is 0 Å². The van der Waals surface area contributed by atoms with Crippen LogP contribution in [-0.2, 0) is 24.0 Å². The largest absolute Gasteiger partial charge is 0.440 e. The lowest BCUT2D eigenvalue weighted by Crippen LogP contribution is -2.60. The van der Waals surface area contributed by atoms with Crippen molar-refractivity contribution in [3.8, 4) is 0 Å². The molecule has 0 saturated carbocycles. The number of carbonyl (C=O) groups excluding carboxylic acids is 2. The predicted octanol–water partition coefficient (Wildman–Crippen LogP) is 1.68. The molecule has 9 heteroatoms. The van der Waals surface area contributed by atoms with Gasteiger partial charge in [0.1, 0.15) is 0 Å². The summed E-state index contributed by atoms with van der Waals surface area (Å²) in [7, 11) is 0. The van der Waals surface area contributed by atoms with Crippen molar-refractivity contribution in [2.45, 2.75) is 58.9 Å². The maximum absolute atomic E-state index is 11.7. The lowest BCUT2D eigenvalue weighted by atomic mass is 10.2. The quantitative estimate of drug-likeness (QED) is 0.126. The maximum atomic E-state index is 11.7. The molecule has 2 unspecified atom stereocenters. The Morgan fingerprint density at radius 3 is 2.00 bits per heavy atom. The topological polar surface area (TPSA) is 110 Å². The van der Waals surface area contributed by atoms with Crippen LogP contribution >= 0.6 is 0 Å². The van der Waals surface area contributed by atoms with Crippen LogP contribution in [0.5, 0.6) is 0 Å². The Morgan fingerprint density at radius 2 is 1.58 bits per heavy atom. The first-order chi connectivity index (χ1) is 12.0. The molecule has 0 saturated heterocycles. The third-order valence-corrected chi connectivity index (χ3v) is 3.50. The van der Waals surface area contributed by atoms with Gasteiger partial charge in [0.25, 0.3) is 0 Å². The summed E-state index contributed by atoms with van der Waals surface area (Å²) in [6, 6.07) is 0. The number of hydrogen-bond donors (Lipinski definition) is 4. The van der Waals surface area contributed by atoms with E-state index in [9.17, 15) is 9.59 Å². The Hall–Kier alpha value is -2.04. The minimum Gasteiger partial charge on any atom is -0.440 e. The number of ether oxygens (including phenoxy) is 1. The molecule has 0 bridgehead atoms.